The molecule has 1 N–H and O–H groups in total. The first-order valence-corrected chi connectivity index (χ1v) is 5.24. The van der Waals surface area contributed by atoms with E-state index in [1.165, 1.54) is 24.8 Å². The van der Waals surface area contributed by atoms with Gasteiger partial charge in [-0.3, -0.25) is 0 Å². The Morgan fingerprint density at radius 3 is 3.00 bits per heavy atom. The zero-order chi connectivity index (χ0) is 9.80. The monoisotopic (exact) mass is 192 g/mol. The summed E-state index contributed by atoms with van der Waals surface area (Å²) in [5.41, 5.74) is 2.28. The van der Waals surface area contributed by atoms with Gasteiger partial charge in [-0.2, -0.15) is 0 Å². The Balaban J connectivity index is 1.94. The summed E-state index contributed by atoms with van der Waals surface area (Å²) in [6.45, 7) is 0. The molecular weight excluding hydrogens is 176 g/mol. The van der Waals surface area contributed by atoms with Crippen LogP contribution in [-0.4, -0.2) is 5.11 Å². The standard InChI is InChI=1S/C12H16O2/c13-12(11-6-7-14-9-11)8-10-4-2-1-3-5-10/h4,6-7,9,12-13H,1-3,5,8H2. The smallest absolute Gasteiger partial charge is 0.0960 e. The van der Waals surface area contributed by atoms with E-state index in [-0.39, 0.29) is 0 Å². The molecule has 14 heavy (non-hydrogen) atoms. The Kier molecular flexibility index (Phi) is 3.04. The van der Waals surface area contributed by atoms with E-state index in [9.17, 15) is 5.11 Å². The van der Waals surface area contributed by atoms with Gasteiger partial charge in [-0.05, 0) is 38.2 Å². The van der Waals surface area contributed by atoms with Crippen LogP contribution in [0.4, 0.5) is 0 Å². The van der Waals surface area contributed by atoms with Gasteiger partial charge in [0.15, 0.2) is 0 Å². The average molecular weight is 192 g/mol. The number of furan rings is 1. The highest BCUT2D eigenvalue weighted by molar-refractivity contribution is 5.14. The molecule has 76 valence electrons. The van der Waals surface area contributed by atoms with Crippen molar-refractivity contribution in [1.82, 2.24) is 0 Å². The maximum atomic E-state index is 9.86. The second kappa shape index (κ2) is 4.47. The highest BCUT2D eigenvalue weighted by atomic mass is 16.3. The second-order valence-corrected chi connectivity index (χ2v) is 3.88. The van der Waals surface area contributed by atoms with Crippen LogP contribution in [0.15, 0.2) is 34.7 Å². The Hall–Kier alpha value is -1.02. The maximum Gasteiger partial charge on any atom is 0.0960 e. The fourth-order valence-corrected chi connectivity index (χ4v) is 1.92. The van der Waals surface area contributed by atoms with Crippen molar-refractivity contribution < 1.29 is 9.52 Å². The predicted molar refractivity (Wildman–Crippen MR) is 54.8 cm³/mol. The molecule has 1 aromatic heterocycles. The Morgan fingerprint density at radius 2 is 2.36 bits per heavy atom. The second-order valence-electron chi connectivity index (χ2n) is 3.88. The zero-order valence-electron chi connectivity index (χ0n) is 8.28. The van der Waals surface area contributed by atoms with Gasteiger partial charge >= 0.3 is 0 Å². The summed E-state index contributed by atoms with van der Waals surface area (Å²) in [5, 5.41) is 9.86. The minimum atomic E-state index is -0.391. The molecule has 2 heteroatoms. The molecule has 2 rings (SSSR count). The molecule has 0 fully saturated rings. The highest BCUT2D eigenvalue weighted by Crippen LogP contribution is 2.27. The normalized spacial score (nSPS) is 19.1. The Labute approximate surface area is 84.2 Å². The lowest BCUT2D eigenvalue weighted by atomic mass is 9.94. The molecule has 0 aliphatic heterocycles. The minimum Gasteiger partial charge on any atom is -0.472 e. The molecule has 1 atom stereocenters. The van der Waals surface area contributed by atoms with Crippen molar-refractivity contribution in [1.29, 1.82) is 0 Å². The van der Waals surface area contributed by atoms with E-state index < -0.39 is 6.10 Å². The number of aliphatic hydroxyl groups is 1. The molecule has 0 saturated carbocycles. The number of hydrogen-bond acceptors (Lipinski definition) is 2. The molecule has 1 unspecified atom stereocenters. The molecule has 0 spiro atoms. The molecule has 0 aromatic carbocycles. The van der Waals surface area contributed by atoms with Gasteiger partial charge < -0.3 is 9.52 Å². The van der Waals surface area contributed by atoms with Crippen molar-refractivity contribution in [2.45, 2.75) is 38.2 Å². The van der Waals surface area contributed by atoms with Crippen molar-refractivity contribution in [3.8, 4) is 0 Å². The molecular formula is C12H16O2. The maximum absolute atomic E-state index is 9.86. The SMILES string of the molecule is OC(CC1=CCCCC1)c1ccoc1. The van der Waals surface area contributed by atoms with E-state index >= 15 is 0 Å². The molecule has 1 aliphatic carbocycles. The first-order chi connectivity index (χ1) is 6.86. The summed E-state index contributed by atoms with van der Waals surface area (Å²) in [6.07, 6.45) is 10.8. The summed E-state index contributed by atoms with van der Waals surface area (Å²) in [5.74, 6) is 0. The summed E-state index contributed by atoms with van der Waals surface area (Å²) in [7, 11) is 0. The summed E-state index contributed by atoms with van der Waals surface area (Å²) in [6, 6.07) is 1.83. The largest absolute Gasteiger partial charge is 0.472 e. The Morgan fingerprint density at radius 1 is 1.43 bits per heavy atom. The summed E-state index contributed by atoms with van der Waals surface area (Å²) >= 11 is 0. The number of allylic oxidation sites excluding steroid dienone is 1. The van der Waals surface area contributed by atoms with Crippen molar-refractivity contribution >= 4 is 0 Å². The summed E-state index contributed by atoms with van der Waals surface area (Å²) < 4.78 is 4.95. The fourth-order valence-electron chi connectivity index (χ4n) is 1.92. The lowest BCUT2D eigenvalue weighted by Gasteiger charge is -2.15. The van der Waals surface area contributed by atoms with E-state index in [2.05, 4.69) is 6.08 Å². The third kappa shape index (κ3) is 2.26. The van der Waals surface area contributed by atoms with Gasteiger partial charge in [-0.1, -0.05) is 11.6 Å². The van der Waals surface area contributed by atoms with Crippen molar-refractivity contribution in [3.63, 3.8) is 0 Å². The van der Waals surface area contributed by atoms with E-state index in [4.69, 9.17) is 4.42 Å². The quantitative estimate of drug-likeness (QED) is 0.746. The predicted octanol–water partition coefficient (Wildman–Crippen LogP) is 3.20. The van der Waals surface area contributed by atoms with Gasteiger partial charge in [-0.15, -0.1) is 0 Å². The van der Waals surface area contributed by atoms with Gasteiger partial charge in [0.25, 0.3) is 0 Å². The lowest BCUT2D eigenvalue weighted by Crippen LogP contribution is -2.00. The van der Waals surface area contributed by atoms with Crippen LogP contribution < -0.4 is 0 Å². The minimum absolute atomic E-state index is 0.391. The molecule has 0 radical (unpaired) electrons. The van der Waals surface area contributed by atoms with Gasteiger partial charge in [0, 0.05) is 5.56 Å². The van der Waals surface area contributed by atoms with Crippen LogP contribution in [0.3, 0.4) is 0 Å². The lowest BCUT2D eigenvalue weighted by molar-refractivity contribution is 0.175. The van der Waals surface area contributed by atoms with Crippen LogP contribution in [0.5, 0.6) is 0 Å². The molecule has 1 aliphatic rings. The highest BCUT2D eigenvalue weighted by Gasteiger charge is 2.12. The zero-order valence-corrected chi connectivity index (χ0v) is 8.28. The third-order valence-corrected chi connectivity index (χ3v) is 2.77. The third-order valence-electron chi connectivity index (χ3n) is 2.77. The van der Waals surface area contributed by atoms with Gasteiger partial charge in [0.05, 0.1) is 18.6 Å². The first kappa shape index (κ1) is 9.53. The van der Waals surface area contributed by atoms with Crippen LogP contribution >= 0.6 is 0 Å². The van der Waals surface area contributed by atoms with Crippen LogP contribution in [0, 0.1) is 0 Å². The van der Waals surface area contributed by atoms with Crippen LogP contribution in [0.2, 0.25) is 0 Å². The van der Waals surface area contributed by atoms with Gasteiger partial charge in [-0.25, -0.2) is 0 Å². The van der Waals surface area contributed by atoms with Crippen LogP contribution in [0.1, 0.15) is 43.8 Å². The molecule has 1 heterocycles. The van der Waals surface area contributed by atoms with Crippen molar-refractivity contribution in [3.05, 3.63) is 35.8 Å². The van der Waals surface area contributed by atoms with E-state index in [0.717, 1.165) is 18.4 Å². The van der Waals surface area contributed by atoms with Gasteiger partial charge in [0.2, 0.25) is 0 Å². The van der Waals surface area contributed by atoms with Crippen molar-refractivity contribution in [2.75, 3.05) is 0 Å². The van der Waals surface area contributed by atoms with E-state index in [1.807, 2.05) is 6.07 Å². The summed E-state index contributed by atoms with van der Waals surface area (Å²) in [4.78, 5) is 0. The van der Waals surface area contributed by atoms with E-state index in [1.54, 1.807) is 12.5 Å². The average Bonchev–Trinajstić information content (AvgIpc) is 2.72. The molecule has 2 nitrogen and oxygen atoms in total. The van der Waals surface area contributed by atoms with Crippen molar-refractivity contribution in [2.24, 2.45) is 0 Å². The topological polar surface area (TPSA) is 33.4 Å². The number of hydrogen-bond donors (Lipinski definition) is 1. The molecule has 0 amide bonds. The van der Waals surface area contributed by atoms with Crippen LogP contribution in [0.25, 0.3) is 0 Å². The molecule has 1 aromatic rings. The number of rotatable bonds is 3. The fraction of sp³-hybridized carbons (Fsp3) is 0.500. The van der Waals surface area contributed by atoms with E-state index in [0.29, 0.717) is 0 Å². The van der Waals surface area contributed by atoms with Gasteiger partial charge in [0.1, 0.15) is 0 Å². The molecule has 0 saturated heterocycles. The first-order valence-electron chi connectivity index (χ1n) is 5.24. The van der Waals surface area contributed by atoms with Crippen LogP contribution in [-0.2, 0) is 0 Å². The molecule has 0 bridgehead atoms. The number of aliphatic hydroxyl groups excluding tert-OH is 1. The Bertz CT molecular complexity index is 298.